The summed E-state index contributed by atoms with van der Waals surface area (Å²) in [7, 11) is 1.65. The summed E-state index contributed by atoms with van der Waals surface area (Å²) in [5.74, 6) is 2.98. The van der Waals surface area contributed by atoms with Crippen LogP contribution in [0.4, 0.5) is 11.6 Å². The quantitative estimate of drug-likeness (QED) is 0.801. The van der Waals surface area contributed by atoms with E-state index in [4.69, 9.17) is 4.74 Å². The lowest BCUT2D eigenvalue weighted by Crippen LogP contribution is -2.04. The molecule has 0 aliphatic heterocycles. The normalized spacial score (nSPS) is 14.3. The van der Waals surface area contributed by atoms with E-state index in [0.29, 0.717) is 11.9 Å². The zero-order valence-corrected chi connectivity index (χ0v) is 12.6. The second-order valence-corrected chi connectivity index (χ2v) is 5.56. The van der Waals surface area contributed by atoms with Gasteiger partial charge >= 0.3 is 0 Å². The number of nitrogens with one attached hydrogen (secondary N) is 1. The Bertz CT molecular complexity index is 820. The Morgan fingerprint density at radius 3 is 2.68 bits per heavy atom. The van der Waals surface area contributed by atoms with E-state index in [1.807, 2.05) is 41.9 Å². The fourth-order valence-corrected chi connectivity index (χ4v) is 2.52. The molecule has 1 aliphatic rings. The van der Waals surface area contributed by atoms with Gasteiger partial charge in [-0.2, -0.15) is 0 Å². The summed E-state index contributed by atoms with van der Waals surface area (Å²) in [5, 5.41) is 7.81. The molecule has 1 saturated carbocycles. The number of imidazole rings is 1. The van der Waals surface area contributed by atoms with E-state index in [1.54, 1.807) is 7.11 Å². The van der Waals surface area contributed by atoms with Crippen LogP contribution < -0.4 is 10.1 Å². The Hall–Kier alpha value is -2.63. The molecular formula is C16H17N5O. The molecule has 112 valence electrons. The zero-order valence-electron chi connectivity index (χ0n) is 12.6. The molecule has 0 amide bonds. The van der Waals surface area contributed by atoms with Gasteiger partial charge < -0.3 is 10.1 Å². The summed E-state index contributed by atoms with van der Waals surface area (Å²) in [6.45, 7) is 2.00. The minimum Gasteiger partial charge on any atom is -0.497 e. The lowest BCUT2D eigenvalue weighted by Gasteiger charge is -2.06. The number of methoxy groups -OCH3 is 1. The molecule has 22 heavy (non-hydrogen) atoms. The minimum absolute atomic E-state index is 0.546. The molecule has 6 nitrogen and oxygen atoms in total. The third-order valence-corrected chi connectivity index (χ3v) is 3.89. The topological polar surface area (TPSA) is 64.3 Å². The van der Waals surface area contributed by atoms with Crippen LogP contribution in [-0.4, -0.2) is 26.7 Å². The average molecular weight is 295 g/mol. The molecule has 1 fully saturated rings. The monoisotopic (exact) mass is 295 g/mol. The van der Waals surface area contributed by atoms with Crippen molar-refractivity contribution in [3.05, 3.63) is 42.0 Å². The fraction of sp³-hybridized carbons (Fsp3) is 0.312. The van der Waals surface area contributed by atoms with Crippen LogP contribution in [0.15, 0.2) is 30.5 Å². The standard InChI is InChI=1S/C16H17N5O/c1-10-14-9-17-16(19-12-5-7-13(22-2)8-6-12)20-21(14)15(18-10)11-3-4-11/h5-9,11H,3-4H2,1-2H3,(H,19,20). The summed E-state index contributed by atoms with van der Waals surface area (Å²) in [4.78, 5) is 9.02. The van der Waals surface area contributed by atoms with Crippen molar-refractivity contribution in [2.75, 3.05) is 12.4 Å². The number of nitrogens with zero attached hydrogens (tertiary/aromatic N) is 4. The highest BCUT2D eigenvalue weighted by Crippen LogP contribution is 2.39. The van der Waals surface area contributed by atoms with E-state index in [-0.39, 0.29) is 0 Å². The van der Waals surface area contributed by atoms with E-state index in [1.165, 1.54) is 12.8 Å². The molecule has 1 N–H and O–H groups in total. The molecule has 1 aliphatic carbocycles. The van der Waals surface area contributed by atoms with E-state index in [9.17, 15) is 0 Å². The van der Waals surface area contributed by atoms with Crippen molar-refractivity contribution in [2.24, 2.45) is 0 Å². The Kier molecular flexibility index (Phi) is 2.96. The van der Waals surface area contributed by atoms with Gasteiger partial charge in [-0.3, -0.25) is 0 Å². The number of fused-ring (bicyclic) bond motifs is 1. The third-order valence-electron chi connectivity index (χ3n) is 3.89. The molecule has 0 atom stereocenters. The first-order valence-corrected chi connectivity index (χ1v) is 7.38. The van der Waals surface area contributed by atoms with Gasteiger partial charge in [0.2, 0.25) is 5.95 Å². The number of hydrogen-bond donors (Lipinski definition) is 1. The molecule has 1 aromatic carbocycles. The summed E-state index contributed by atoms with van der Waals surface area (Å²) >= 11 is 0. The van der Waals surface area contributed by atoms with E-state index in [2.05, 4.69) is 20.4 Å². The number of aryl methyl sites for hydroxylation is 1. The van der Waals surface area contributed by atoms with Crippen molar-refractivity contribution >= 4 is 17.2 Å². The van der Waals surface area contributed by atoms with Crippen LogP contribution in [0.1, 0.15) is 30.3 Å². The molecule has 6 heteroatoms. The summed E-state index contributed by atoms with van der Waals surface area (Å²) in [6.07, 6.45) is 4.22. The summed E-state index contributed by atoms with van der Waals surface area (Å²) < 4.78 is 7.08. The van der Waals surface area contributed by atoms with Gasteiger partial charge in [0, 0.05) is 11.6 Å². The molecule has 0 unspecified atom stereocenters. The van der Waals surface area contributed by atoms with Crippen LogP contribution in [0.2, 0.25) is 0 Å². The van der Waals surface area contributed by atoms with Crippen molar-refractivity contribution in [3.63, 3.8) is 0 Å². The number of anilines is 2. The molecule has 2 heterocycles. The second-order valence-electron chi connectivity index (χ2n) is 5.56. The highest BCUT2D eigenvalue weighted by molar-refractivity contribution is 5.57. The number of benzene rings is 1. The maximum Gasteiger partial charge on any atom is 0.245 e. The van der Waals surface area contributed by atoms with Gasteiger partial charge in [0.25, 0.3) is 0 Å². The number of rotatable bonds is 4. The maximum absolute atomic E-state index is 5.16. The van der Waals surface area contributed by atoms with E-state index < -0.39 is 0 Å². The number of aromatic nitrogens is 4. The van der Waals surface area contributed by atoms with Crippen molar-refractivity contribution < 1.29 is 4.74 Å². The number of ether oxygens (including phenoxy) is 1. The van der Waals surface area contributed by atoms with Crippen molar-refractivity contribution in [1.29, 1.82) is 0 Å². The van der Waals surface area contributed by atoms with Crippen LogP contribution in [-0.2, 0) is 0 Å². The van der Waals surface area contributed by atoms with Gasteiger partial charge in [0.05, 0.1) is 19.0 Å². The molecule has 2 aromatic heterocycles. The molecule has 0 radical (unpaired) electrons. The fourth-order valence-electron chi connectivity index (χ4n) is 2.52. The average Bonchev–Trinajstić information content (AvgIpc) is 3.33. The highest BCUT2D eigenvalue weighted by atomic mass is 16.5. The van der Waals surface area contributed by atoms with Crippen molar-refractivity contribution in [2.45, 2.75) is 25.7 Å². The summed E-state index contributed by atoms with van der Waals surface area (Å²) in [6, 6.07) is 7.68. The lowest BCUT2D eigenvalue weighted by atomic mass is 10.3. The van der Waals surface area contributed by atoms with Gasteiger partial charge in [0.1, 0.15) is 17.1 Å². The second kappa shape index (κ2) is 4.98. The lowest BCUT2D eigenvalue weighted by molar-refractivity contribution is 0.415. The number of hydrogen-bond acceptors (Lipinski definition) is 5. The predicted molar refractivity (Wildman–Crippen MR) is 83.8 cm³/mol. The molecule has 0 bridgehead atoms. The summed E-state index contributed by atoms with van der Waals surface area (Å²) in [5.41, 5.74) is 2.88. The predicted octanol–water partition coefficient (Wildman–Crippen LogP) is 3.06. The molecule has 0 spiro atoms. The Labute approximate surface area is 128 Å². The van der Waals surface area contributed by atoms with Crippen LogP contribution in [0.3, 0.4) is 0 Å². The molecule has 0 saturated heterocycles. The largest absolute Gasteiger partial charge is 0.497 e. The highest BCUT2D eigenvalue weighted by Gasteiger charge is 2.29. The molecule has 4 rings (SSSR count). The van der Waals surface area contributed by atoms with Gasteiger partial charge in [-0.15, -0.1) is 5.10 Å². The minimum atomic E-state index is 0.546. The first-order chi connectivity index (χ1) is 10.7. The first kappa shape index (κ1) is 13.1. The first-order valence-electron chi connectivity index (χ1n) is 7.38. The third kappa shape index (κ3) is 2.26. The molecule has 3 aromatic rings. The van der Waals surface area contributed by atoms with Crippen LogP contribution in [0.25, 0.3) is 5.52 Å². The Balaban J connectivity index is 1.67. The smallest absolute Gasteiger partial charge is 0.245 e. The van der Waals surface area contributed by atoms with Gasteiger partial charge in [-0.05, 0) is 44.0 Å². The van der Waals surface area contributed by atoms with Gasteiger partial charge in [0.15, 0.2) is 0 Å². The maximum atomic E-state index is 5.16. The van der Waals surface area contributed by atoms with E-state index in [0.717, 1.165) is 28.5 Å². The Morgan fingerprint density at radius 1 is 1.23 bits per heavy atom. The van der Waals surface area contributed by atoms with Crippen molar-refractivity contribution in [1.82, 2.24) is 19.6 Å². The van der Waals surface area contributed by atoms with Crippen LogP contribution in [0.5, 0.6) is 5.75 Å². The van der Waals surface area contributed by atoms with E-state index >= 15 is 0 Å². The van der Waals surface area contributed by atoms with Gasteiger partial charge in [-0.1, -0.05) is 0 Å². The zero-order chi connectivity index (χ0) is 15.1. The van der Waals surface area contributed by atoms with Crippen molar-refractivity contribution in [3.8, 4) is 5.75 Å². The Morgan fingerprint density at radius 2 is 2.00 bits per heavy atom. The van der Waals surface area contributed by atoms with Crippen LogP contribution >= 0.6 is 0 Å². The van der Waals surface area contributed by atoms with Gasteiger partial charge in [-0.25, -0.2) is 14.5 Å². The van der Waals surface area contributed by atoms with Crippen LogP contribution in [0, 0.1) is 6.92 Å². The molecular weight excluding hydrogens is 278 g/mol. The SMILES string of the molecule is COc1ccc(Nc2ncc3c(C)nc(C4CC4)n3n2)cc1.